The van der Waals surface area contributed by atoms with Crippen LogP contribution in [0.25, 0.3) is 17.0 Å². The highest BCUT2D eigenvalue weighted by Gasteiger charge is 2.29. The van der Waals surface area contributed by atoms with E-state index >= 15 is 0 Å². The molecule has 4 rings (SSSR count). The fraction of sp³-hybridized carbons (Fsp3) is 0.261. The third-order valence-corrected chi connectivity index (χ3v) is 5.33. The predicted molar refractivity (Wildman–Crippen MR) is 105 cm³/mol. The molecule has 0 amide bonds. The lowest BCUT2D eigenvalue weighted by molar-refractivity contribution is 0.432. The monoisotopic (exact) mass is 329 g/mol. The molecule has 2 heteroatoms. The van der Waals surface area contributed by atoms with Gasteiger partial charge in [-0.15, -0.1) is 0 Å². The van der Waals surface area contributed by atoms with Crippen molar-refractivity contribution < 1.29 is 0 Å². The van der Waals surface area contributed by atoms with Crippen molar-refractivity contribution in [2.24, 2.45) is 0 Å². The average Bonchev–Trinajstić information content (AvgIpc) is 2.63. The molecular formula is C23H23NO. The maximum absolute atomic E-state index is 13.1. The molecule has 0 saturated carbocycles. The summed E-state index contributed by atoms with van der Waals surface area (Å²) in [5, 5.41) is 0.814. The highest BCUT2D eigenvalue weighted by Crippen LogP contribution is 2.33. The van der Waals surface area contributed by atoms with Crippen LogP contribution in [-0.2, 0) is 12.0 Å². The molecule has 0 spiro atoms. The van der Waals surface area contributed by atoms with Crippen LogP contribution in [0.15, 0.2) is 59.4 Å². The summed E-state index contributed by atoms with van der Waals surface area (Å²) in [6, 6.07) is 16.8. The molecular weight excluding hydrogens is 306 g/mol. The molecule has 126 valence electrons. The second kappa shape index (κ2) is 5.73. The number of nitrogens with zero attached hydrogens (tertiary/aromatic N) is 1. The van der Waals surface area contributed by atoms with Gasteiger partial charge in [0.1, 0.15) is 0 Å². The Labute approximate surface area is 148 Å². The summed E-state index contributed by atoms with van der Waals surface area (Å²) >= 11 is 0. The average molecular weight is 329 g/mol. The van der Waals surface area contributed by atoms with Crippen molar-refractivity contribution in [2.45, 2.75) is 39.2 Å². The van der Waals surface area contributed by atoms with Gasteiger partial charge in [0.05, 0.1) is 11.1 Å². The second-order valence-corrected chi connectivity index (χ2v) is 7.41. The van der Waals surface area contributed by atoms with Gasteiger partial charge in [-0.2, -0.15) is 0 Å². The molecule has 25 heavy (non-hydrogen) atoms. The molecule has 0 aliphatic heterocycles. The summed E-state index contributed by atoms with van der Waals surface area (Å²) in [6.07, 6.45) is 6.02. The number of pyridine rings is 1. The van der Waals surface area contributed by atoms with E-state index in [1.807, 2.05) is 25.1 Å². The van der Waals surface area contributed by atoms with Crippen LogP contribution in [0.3, 0.4) is 0 Å². The third-order valence-electron chi connectivity index (χ3n) is 5.33. The van der Waals surface area contributed by atoms with Gasteiger partial charge in [0.25, 0.3) is 0 Å². The SMILES string of the molecule is Cc1ccc2c(c1)c(=O)c1c(n2C(C)(C)c2ccccc2)CCC=C1. The molecule has 2 aromatic carbocycles. The Balaban J connectivity index is 2.15. The second-order valence-electron chi connectivity index (χ2n) is 7.41. The van der Waals surface area contributed by atoms with E-state index in [9.17, 15) is 4.79 Å². The lowest BCUT2D eigenvalue weighted by Gasteiger charge is -2.35. The van der Waals surface area contributed by atoms with Gasteiger partial charge in [-0.3, -0.25) is 4.79 Å². The Bertz CT molecular complexity index is 1040. The summed E-state index contributed by atoms with van der Waals surface area (Å²) in [5.74, 6) is 0. The molecule has 0 radical (unpaired) electrons. The summed E-state index contributed by atoms with van der Waals surface area (Å²) < 4.78 is 2.39. The molecule has 0 saturated heterocycles. The van der Waals surface area contributed by atoms with E-state index in [0.29, 0.717) is 0 Å². The molecule has 0 unspecified atom stereocenters. The first-order valence-electron chi connectivity index (χ1n) is 8.91. The molecule has 1 heterocycles. The van der Waals surface area contributed by atoms with E-state index in [4.69, 9.17) is 0 Å². The predicted octanol–water partition coefficient (Wildman–Crippen LogP) is 5.05. The largest absolute Gasteiger partial charge is 0.334 e. The number of aryl methyl sites for hydroxylation is 1. The van der Waals surface area contributed by atoms with Crippen LogP contribution in [0.5, 0.6) is 0 Å². The van der Waals surface area contributed by atoms with Crippen LogP contribution in [0.2, 0.25) is 0 Å². The zero-order valence-electron chi connectivity index (χ0n) is 15.0. The Morgan fingerprint density at radius 1 is 1.04 bits per heavy atom. The van der Waals surface area contributed by atoms with Crippen molar-refractivity contribution in [3.05, 3.63) is 87.2 Å². The van der Waals surface area contributed by atoms with Crippen LogP contribution >= 0.6 is 0 Å². The minimum Gasteiger partial charge on any atom is -0.334 e. The first-order chi connectivity index (χ1) is 12.0. The van der Waals surface area contributed by atoms with Crippen molar-refractivity contribution in [1.29, 1.82) is 0 Å². The first-order valence-corrected chi connectivity index (χ1v) is 8.91. The normalized spacial score (nSPS) is 13.9. The third kappa shape index (κ3) is 2.44. The molecule has 3 aromatic rings. The van der Waals surface area contributed by atoms with Crippen LogP contribution < -0.4 is 5.43 Å². The van der Waals surface area contributed by atoms with Crippen molar-refractivity contribution in [1.82, 2.24) is 4.57 Å². The minimum atomic E-state index is -0.238. The Morgan fingerprint density at radius 3 is 2.56 bits per heavy atom. The number of allylic oxidation sites excluding steroid dienone is 1. The van der Waals surface area contributed by atoms with Crippen LogP contribution in [0.4, 0.5) is 0 Å². The number of benzene rings is 2. The zero-order valence-corrected chi connectivity index (χ0v) is 15.0. The topological polar surface area (TPSA) is 22.0 Å². The standard InChI is InChI=1S/C23H23NO/c1-16-13-14-21-19(15-16)22(25)18-11-7-8-12-20(18)24(21)23(2,3)17-9-5-4-6-10-17/h4-7,9-11,13-15H,8,12H2,1-3H3. The molecule has 1 aliphatic carbocycles. The maximum atomic E-state index is 13.1. The zero-order chi connectivity index (χ0) is 17.6. The van der Waals surface area contributed by atoms with Gasteiger partial charge >= 0.3 is 0 Å². The lowest BCUT2D eigenvalue weighted by atomic mass is 9.89. The van der Waals surface area contributed by atoms with Gasteiger partial charge < -0.3 is 4.57 Å². The minimum absolute atomic E-state index is 0.157. The van der Waals surface area contributed by atoms with E-state index in [0.717, 1.165) is 40.6 Å². The van der Waals surface area contributed by atoms with E-state index in [1.165, 1.54) is 5.56 Å². The van der Waals surface area contributed by atoms with Gasteiger partial charge in [0, 0.05) is 16.6 Å². The Hall–Kier alpha value is -2.61. The van der Waals surface area contributed by atoms with Gasteiger partial charge in [-0.1, -0.05) is 54.1 Å². The van der Waals surface area contributed by atoms with Gasteiger partial charge in [0.15, 0.2) is 5.43 Å². The van der Waals surface area contributed by atoms with E-state index < -0.39 is 0 Å². The van der Waals surface area contributed by atoms with Gasteiger partial charge in [-0.25, -0.2) is 0 Å². The van der Waals surface area contributed by atoms with Gasteiger partial charge in [0.2, 0.25) is 0 Å². The molecule has 2 nitrogen and oxygen atoms in total. The van der Waals surface area contributed by atoms with E-state index in [-0.39, 0.29) is 11.0 Å². The van der Waals surface area contributed by atoms with E-state index in [1.54, 1.807) is 0 Å². The Morgan fingerprint density at radius 2 is 1.80 bits per heavy atom. The molecule has 0 fully saturated rings. The van der Waals surface area contributed by atoms with E-state index in [2.05, 4.69) is 60.9 Å². The van der Waals surface area contributed by atoms with Crippen LogP contribution in [0.1, 0.15) is 42.7 Å². The van der Waals surface area contributed by atoms with Crippen molar-refractivity contribution in [2.75, 3.05) is 0 Å². The molecule has 1 aliphatic rings. The maximum Gasteiger partial charge on any atom is 0.196 e. The molecule has 0 bridgehead atoms. The quantitative estimate of drug-likeness (QED) is 0.644. The number of hydrogen-bond acceptors (Lipinski definition) is 1. The molecule has 0 N–H and O–H groups in total. The number of aromatic nitrogens is 1. The fourth-order valence-corrected chi connectivity index (χ4v) is 4.02. The highest BCUT2D eigenvalue weighted by molar-refractivity contribution is 5.84. The first kappa shape index (κ1) is 15.9. The molecule has 1 aromatic heterocycles. The summed E-state index contributed by atoms with van der Waals surface area (Å²) in [6.45, 7) is 6.52. The summed E-state index contributed by atoms with van der Waals surface area (Å²) in [5.41, 5.74) is 5.32. The highest BCUT2D eigenvalue weighted by atomic mass is 16.1. The molecule has 0 atom stereocenters. The number of fused-ring (bicyclic) bond motifs is 2. The van der Waals surface area contributed by atoms with Crippen LogP contribution in [0, 0.1) is 6.92 Å². The smallest absolute Gasteiger partial charge is 0.196 e. The summed E-state index contributed by atoms with van der Waals surface area (Å²) in [7, 11) is 0. The lowest BCUT2D eigenvalue weighted by Crippen LogP contribution is -2.34. The van der Waals surface area contributed by atoms with Crippen LogP contribution in [-0.4, -0.2) is 4.57 Å². The number of hydrogen-bond donors (Lipinski definition) is 0. The summed E-state index contributed by atoms with van der Waals surface area (Å²) in [4.78, 5) is 13.1. The van der Waals surface area contributed by atoms with Gasteiger partial charge in [-0.05, 0) is 51.3 Å². The van der Waals surface area contributed by atoms with Crippen molar-refractivity contribution in [3.8, 4) is 0 Å². The fourth-order valence-electron chi connectivity index (χ4n) is 4.02. The number of rotatable bonds is 2. The van der Waals surface area contributed by atoms with Crippen molar-refractivity contribution >= 4 is 17.0 Å². The Kier molecular flexibility index (Phi) is 3.64. The van der Waals surface area contributed by atoms with Crippen molar-refractivity contribution in [3.63, 3.8) is 0 Å².